The zero-order valence-corrected chi connectivity index (χ0v) is 14.3. The van der Waals surface area contributed by atoms with E-state index in [0.29, 0.717) is 18.3 Å². The number of aromatic carboxylic acids is 1. The van der Waals surface area contributed by atoms with Gasteiger partial charge in [0.2, 0.25) is 5.91 Å². The van der Waals surface area contributed by atoms with Gasteiger partial charge in [-0.25, -0.2) is 10.3 Å². The number of hydrazone groups is 1. The van der Waals surface area contributed by atoms with E-state index in [4.69, 9.17) is 20.8 Å². The highest BCUT2D eigenvalue weighted by atomic mass is 16.5. The first kappa shape index (κ1) is 18.6. The van der Waals surface area contributed by atoms with Gasteiger partial charge in [-0.3, -0.25) is 4.79 Å². The van der Waals surface area contributed by atoms with E-state index in [9.17, 15) is 19.7 Å². The lowest BCUT2D eigenvalue weighted by molar-refractivity contribution is -0.138. The third kappa shape index (κ3) is 3.84. The minimum atomic E-state index is -1.22. The maximum Gasteiger partial charge on any atom is 0.522 e. The van der Waals surface area contributed by atoms with Crippen molar-refractivity contribution >= 4 is 24.8 Å². The van der Waals surface area contributed by atoms with Crippen molar-refractivity contribution in [2.24, 2.45) is 16.1 Å². The van der Waals surface area contributed by atoms with E-state index >= 15 is 0 Å². The molecule has 5 N–H and O–H groups in total. The molecule has 0 unspecified atom stereocenters. The summed E-state index contributed by atoms with van der Waals surface area (Å²) >= 11 is 0. The molecule has 0 aliphatic carbocycles. The molecular weight excluding hydrogens is 357 g/mol. The average Bonchev–Trinajstić information content (AvgIpc) is 2.61. The van der Waals surface area contributed by atoms with Crippen LogP contribution < -0.4 is 15.2 Å². The van der Waals surface area contributed by atoms with Crippen LogP contribution in [0.5, 0.6) is 11.5 Å². The third-order valence-electron chi connectivity index (χ3n) is 4.41. The number of nitrogens with zero attached hydrogens (tertiary/aromatic N) is 3. The summed E-state index contributed by atoms with van der Waals surface area (Å²) in [5, 5.41) is 25.5. The third-order valence-corrected chi connectivity index (χ3v) is 4.41. The number of nitrogens with one attached hydrogen (secondary N) is 1. The molecule has 3 rings (SSSR count). The second-order valence-electron chi connectivity index (χ2n) is 6.22. The van der Waals surface area contributed by atoms with Gasteiger partial charge in [-0.2, -0.15) is 5.10 Å². The van der Waals surface area contributed by atoms with Gasteiger partial charge in [-0.05, 0) is 24.4 Å². The Bertz CT molecular complexity index is 810. The highest BCUT2D eigenvalue weighted by molar-refractivity contribution is 6.44. The quantitative estimate of drug-likeness (QED) is 0.141. The molecule has 1 aromatic rings. The Balaban J connectivity index is 1.67. The molecule has 2 heterocycles. The Morgan fingerprint density at radius 3 is 2.81 bits per heavy atom. The number of benzene rings is 1. The number of carbonyl (C=O) groups is 2. The average molecular weight is 375 g/mol. The van der Waals surface area contributed by atoms with Gasteiger partial charge in [0, 0.05) is 0 Å². The number of amidine groups is 1. The minimum absolute atomic E-state index is 0.0806. The SMILES string of the molecule is N=N/C(CC(=O)N1CC(Oc2ccc3c(c2C(=O)O)OB(O)CC3)C1)=N\N. The van der Waals surface area contributed by atoms with Crippen LogP contribution in [0, 0.1) is 5.53 Å². The standard InChI is InChI=1S/C15H18BN5O6/c17-19-11(20-18)5-12(22)21-6-9(7-21)26-10-2-1-8-3-4-16(25)27-14(8)13(10)15(23)24/h1-2,9,17,25H,3-7,18H2,(H,23,24)/b19-17?,20-11-. The predicted octanol–water partition coefficient (Wildman–Crippen LogP) is 0.0831. The highest BCUT2D eigenvalue weighted by Crippen LogP contribution is 2.37. The zero-order chi connectivity index (χ0) is 19.6. The predicted molar refractivity (Wildman–Crippen MR) is 92.9 cm³/mol. The summed E-state index contributed by atoms with van der Waals surface area (Å²) in [4.78, 5) is 25.2. The smallest absolute Gasteiger partial charge is 0.522 e. The van der Waals surface area contributed by atoms with Gasteiger partial charge in [-0.15, -0.1) is 5.11 Å². The van der Waals surface area contributed by atoms with Crippen molar-refractivity contribution in [3.8, 4) is 11.5 Å². The Labute approximate surface area is 154 Å². The first-order valence-electron chi connectivity index (χ1n) is 8.25. The van der Waals surface area contributed by atoms with E-state index in [2.05, 4.69) is 10.2 Å². The Kier molecular flexibility index (Phi) is 5.26. The van der Waals surface area contributed by atoms with Gasteiger partial charge in [0.15, 0.2) is 5.84 Å². The van der Waals surface area contributed by atoms with Crippen molar-refractivity contribution in [2.45, 2.75) is 25.3 Å². The van der Waals surface area contributed by atoms with E-state index < -0.39 is 13.1 Å². The number of carbonyl (C=O) groups excluding carboxylic acids is 1. The lowest BCUT2D eigenvalue weighted by Crippen LogP contribution is -2.56. The summed E-state index contributed by atoms with van der Waals surface area (Å²) in [5.74, 6) is 3.67. The molecule has 0 saturated carbocycles. The van der Waals surface area contributed by atoms with Crippen molar-refractivity contribution < 1.29 is 29.1 Å². The number of carboxylic acids is 1. The van der Waals surface area contributed by atoms with Crippen LogP contribution in [0.4, 0.5) is 0 Å². The van der Waals surface area contributed by atoms with Gasteiger partial charge in [-0.1, -0.05) is 6.07 Å². The highest BCUT2D eigenvalue weighted by Gasteiger charge is 2.35. The number of carboxylic acid groups (broad SMARTS) is 1. The number of ether oxygens (including phenoxy) is 1. The van der Waals surface area contributed by atoms with Crippen molar-refractivity contribution in [1.82, 2.24) is 4.90 Å². The van der Waals surface area contributed by atoms with Gasteiger partial charge in [0.05, 0.1) is 19.5 Å². The van der Waals surface area contributed by atoms with Crippen LogP contribution in [0.1, 0.15) is 22.3 Å². The van der Waals surface area contributed by atoms with Crippen LogP contribution in [0.15, 0.2) is 22.3 Å². The second-order valence-corrected chi connectivity index (χ2v) is 6.22. The lowest BCUT2D eigenvalue weighted by Gasteiger charge is -2.39. The summed E-state index contributed by atoms with van der Waals surface area (Å²) < 4.78 is 11.0. The molecule has 0 bridgehead atoms. The number of nitrogens with two attached hydrogens (primary N) is 1. The summed E-state index contributed by atoms with van der Waals surface area (Å²) in [6.45, 7) is 0.516. The van der Waals surface area contributed by atoms with Gasteiger partial charge in [0.1, 0.15) is 23.2 Å². The molecule has 1 amide bonds. The normalized spacial score (nSPS) is 16.9. The van der Waals surface area contributed by atoms with Crippen LogP contribution in [-0.4, -0.2) is 59.1 Å². The fourth-order valence-electron chi connectivity index (χ4n) is 2.97. The van der Waals surface area contributed by atoms with Crippen molar-refractivity contribution in [2.75, 3.05) is 13.1 Å². The first-order chi connectivity index (χ1) is 12.9. The molecule has 0 radical (unpaired) electrons. The van der Waals surface area contributed by atoms with Crippen LogP contribution in [0.3, 0.4) is 0 Å². The molecule has 0 spiro atoms. The number of fused-ring (bicyclic) bond motifs is 1. The van der Waals surface area contributed by atoms with Crippen molar-refractivity contribution in [3.05, 3.63) is 23.3 Å². The number of rotatable bonds is 5. The molecule has 0 atom stereocenters. The Morgan fingerprint density at radius 1 is 1.44 bits per heavy atom. The largest absolute Gasteiger partial charge is 0.535 e. The topological polar surface area (TPSA) is 171 Å². The molecular formula is C15H18BN5O6. The molecule has 142 valence electrons. The van der Waals surface area contributed by atoms with Crippen LogP contribution in [-0.2, 0) is 11.2 Å². The van der Waals surface area contributed by atoms with Gasteiger partial charge < -0.3 is 30.3 Å². The van der Waals surface area contributed by atoms with Crippen molar-refractivity contribution in [3.63, 3.8) is 0 Å². The fraction of sp³-hybridized carbons (Fsp3) is 0.400. The van der Waals surface area contributed by atoms with E-state index in [0.717, 1.165) is 0 Å². The zero-order valence-electron chi connectivity index (χ0n) is 14.3. The summed E-state index contributed by atoms with van der Waals surface area (Å²) in [6.07, 6.45) is 0.335. The monoisotopic (exact) mass is 375 g/mol. The molecule has 1 fully saturated rings. The number of hydrogen-bond acceptors (Lipinski definition) is 8. The van der Waals surface area contributed by atoms with E-state index in [1.165, 1.54) is 4.90 Å². The molecule has 1 aromatic carbocycles. The Morgan fingerprint density at radius 2 is 2.19 bits per heavy atom. The molecule has 2 aliphatic rings. The molecule has 12 heteroatoms. The van der Waals surface area contributed by atoms with Crippen molar-refractivity contribution in [1.29, 1.82) is 5.53 Å². The summed E-state index contributed by atoms with van der Waals surface area (Å²) in [5.41, 5.74) is 7.41. The first-order valence-corrected chi connectivity index (χ1v) is 8.25. The number of aryl methyl sites for hydroxylation is 1. The van der Waals surface area contributed by atoms with E-state index in [-0.39, 0.29) is 54.4 Å². The second kappa shape index (κ2) is 7.62. The number of hydrogen-bond donors (Lipinski definition) is 4. The van der Waals surface area contributed by atoms with Gasteiger partial charge >= 0.3 is 13.1 Å². The molecule has 1 saturated heterocycles. The van der Waals surface area contributed by atoms with Crippen LogP contribution >= 0.6 is 0 Å². The maximum absolute atomic E-state index is 12.0. The summed E-state index contributed by atoms with van der Waals surface area (Å²) in [7, 11) is -1.05. The number of amides is 1. The lowest BCUT2D eigenvalue weighted by atomic mass is 9.78. The Hall–Kier alpha value is -3.15. The molecule has 0 aromatic heterocycles. The molecule has 11 nitrogen and oxygen atoms in total. The minimum Gasteiger partial charge on any atom is -0.535 e. The molecule has 27 heavy (non-hydrogen) atoms. The van der Waals surface area contributed by atoms with E-state index in [1.54, 1.807) is 12.1 Å². The fourth-order valence-corrected chi connectivity index (χ4v) is 2.97. The van der Waals surface area contributed by atoms with Crippen LogP contribution in [0.25, 0.3) is 0 Å². The maximum atomic E-state index is 12.0. The van der Waals surface area contributed by atoms with Crippen LogP contribution in [0.2, 0.25) is 6.32 Å². The van der Waals surface area contributed by atoms with E-state index in [1.807, 2.05) is 0 Å². The summed E-state index contributed by atoms with van der Waals surface area (Å²) in [6, 6.07) is 3.27. The number of likely N-dealkylation sites (tertiary alicyclic amines) is 1. The van der Waals surface area contributed by atoms with Gasteiger partial charge in [0.25, 0.3) is 0 Å². The molecule has 2 aliphatic heterocycles.